The van der Waals surface area contributed by atoms with E-state index in [0.717, 1.165) is 5.56 Å². The van der Waals surface area contributed by atoms with E-state index in [1.54, 1.807) is 13.8 Å². The normalized spacial score (nSPS) is 34.5. The van der Waals surface area contributed by atoms with Gasteiger partial charge in [0, 0.05) is 0 Å². The lowest BCUT2D eigenvalue weighted by Gasteiger charge is -2.25. The fourth-order valence-corrected chi connectivity index (χ4v) is 2.80. The largest absolute Gasteiger partial charge is 0.388 e. The highest BCUT2D eigenvalue weighted by Crippen LogP contribution is 2.38. The van der Waals surface area contributed by atoms with E-state index in [2.05, 4.69) is 0 Å². The first-order chi connectivity index (χ1) is 10.5. The molecular weight excluding hydrogens is 288 g/mol. The van der Waals surface area contributed by atoms with E-state index < -0.39 is 36.5 Å². The van der Waals surface area contributed by atoms with Crippen LogP contribution >= 0.6 is 0 Å². The van der Waals surface area contributed by atoms with Gasteiger partial charge >= 0.3 is 0 Å². The Morgan fingerprint density at radius 2 is 1.95 bits per heavy atom. The molecule has 0 amide bonds. The standard InChI is InChI=1S/C16H22O6/c1-16(2)21-14-12(18)13(20-15(14)22-16)11(17)9-19-8-10-6-4-3-5-7-10/h3-7,11-15,17-18H,8-9H2,1-2H3. The summed E-state index contributed by atoms with van der Waals surface area (Å²) in [5.74, 6) is -0.782. The molecule has 2 saturated heterocycles. The average molecular weight is 310 g/mol. The Balaban J connectivity index is 1.48. The van der Waals surface area contributed by atoms with Crippen LogP contribution in [0.4, 0.5) is 0 Å². The van der Waals surface area contributed by atoms with Gasteiger partial charge in [-0.15, -0.1) is 0 Å². The minimum atomic E-state index is -0.945. The smallest absolute Gasteiger partial charge is 0.190 e. The predicted octanol–water partition coefficient (Wildman–Crippen LogP) is 0.801. The van der Waals surface area contributed by atoms with E-state index in [9.17, 15) is 10.2 Å². The Hall–Kier alpha value is -1.02. The topological polar surface area (TPSA) is 77.4 Å². The second kappa shape index (κ2) is 6.23. The number of hydrogen-bond acceptors (Lipinski definition) is 6. The molecule has 2 aliphatic rings. The molecule has 122 valence electrons. The van der Waals surface area contributed by atoms with Crippen LogP contribution in [-0.2, 0) is 25.6 Å². The molecule has 3 rings (SSSR count). The first-order valence-electron chi connectivity index (χ1n) is 7.45. The molecule has 0 saturated carbocycles. The molecule has 22 heavy (non-hydrogen) atoms. The van der Waals surface area contributed by atoms with Gasteiger partial charge in [0.05, 0.1) is 13.2 Å². The number of fused-ring (bicyclic) bond motifs is 1. The van der Waals surface area contributed by atoms with Gasteiger partial charge in [-0.2, -0.15) is 0 Å². The van der Waals surface area contributed by atoms with Gasteiger partial charge in [-0.3, -0.25) is 0 Å². The highest BCUT2D eigenvalue weighted by Gasteiger charge is 2.55. The van der Waals surface area contributed by atoms with E-state index in [-0.39, 0.29) is 6.61 Å². The van der Waals surface area contributed by atoms with E-state index >= 15 is 0 Å². The summed E-state index contributed by atoms with van der Waals surface area (Å²) in [6.07, 6.45) is -3.90. The second-order valence-corrected chi connectivity index (χ2v) is 6.13. The summed E-state index contributed by atoms with van der Waals surface area (Å²) in [5, 5.41) is 20.4. The second-order valence-electron chi connectivity index (χ2n) is 6.13. The third-order valence-corrected chi connectivity index (χ3v) is 3.83. The van der Waals surface area contributed by atoms with Gasteiger partial charge in [-0.1, -0.05) is 30.3 Å². The molecule has 0 aromatic heterocycles. The molecule has 1 aromatic rings. The van der Waals surface area contributed by atoms with Gasteiger partial charge in [-0.25, -0.2) is 0 Å². The van der Waals surface area contributed by atoms with Crippen LogP contribution in [0.1, 0.15) is 19.4 Å². The number of benzene rings is 1. The minimum Gasteiger partial charge on any atom is -0.388 e. The first kappa shape index (κ1) is 15.9. The molecule has 2 aliphatic heterocycles. The predicted molar refractivity (Wildman–Crippen MR) is 76.8 cm³/mol. The molecule has 6 heteroatoms. The van der Waals surface area contributed by atoms with Crippen molar-refractivity contribution >= 4 is 0 Å². The van der Waals surface area contributed by atoms with Crippen LogP contribution < -0.4 is 0 Å². The monoisotopic (exact) mass is 310 g/mol. The summed E-state index contributed by atoms with van der Waals surface area (Å²) in [6.45, 7) is 3.98. The highest BCUT2D eigenvalue weighted by atomic mass is 16.8. The van der Waals surface area contributed by atoms with Crippen molar-refractivity contribution in [1.29, 1.82) is 0 Å². The Morgan fingerprint density at radius 1 is 1.23 bits per heavy atom. The lowest BCUT2D eigenvalue weighted by Crippen LogP contribution is -2.42. The molecule has 0 spiro atoms. The van der Waals surface area contributed by atoms with Crippen molar-refractivity contribution < 1.29 is 29.2 Å². The zero-order valence-corrected chi connectivity index (χ0v) is 12.7. The lowest BCUT2D eigenvalue weighted by molar-refractivity contribution is -0.228. The van der Waals surface area contributed by atoms with E-state index in [1.807, 2.05) is 30.3 Å². The van der Waals surface area contributed by atoms with Gasteiger partial charge in [0.25, 0.3) is 0 Å². The summed E-state index contributed by atoms with van der Waals surface area (Å²) in [5.41, 5.74) is 1.02. The third kappa shape index (κ3) is 3.32. The van der Waals surface area contributed by atoms with Gasteiger partial charge in [0.15, 0.2) is 12.1 Å². The van der Waals surface area contributed by atoms with Gasteiger partial charge in [-0.05, 0) is 19.4 Å². The molecule has 5 unspecified atom stereocenters. The van der Waals surface area contributed by atoms with Crippen molar-refractivity contribution in [2.24, 2.45) is 0 Å². The van der Waals surface area contributed by atoms with Crippen LogP contribution in [0.2, 0.25) is 0 Å². The lowest BCUT2D eigenvalue weighted by atomic mass is 10.1. The molecule has 0 aliphatic carbocycles. The number of rotatable bonds is 5. The summed E-state index contributed by atoms with van der Waals surface area (Å²) < 4.78 is 22.2. The Bertz CT molecular complexity index is 491. The Kier molecular flexibility index (Phi) is 4.49. The van der Waals surface area contributed by atoms with E-state index in [4.69, 9.17) is 18.9 Å². The number of ether oxygens (including phenoxy) is 4. The SMILES string of the molecule is CC1(C)OC2OC(C(O)COCc3ccccc3)C(O)C2O1. The zero-order chi connectivity index (χ0) is 15.7. The summed E-state index contributed by atoms with van der Waals surface area (Å²) in [7, 11) is 0. The first-order valence-corrected chi connectivity index (χ1v) is 7.45. The number of aliphatic hydroxyl groups is 2. The zero-order valence-electron chi connectivity index (χ0n) is 12.7. The van der Waals surface area contributed by atoms with E-state index in [1.165, 1.54) is 0 Å². The number of hydrogen-bond donors (Lipinski definition) is 2. The minimum absolute atomic E-state index is 0.0689. The van der Waals surface area contributed by atoms with Crippen LogP contribution in [0.25, 0.3) is 0 Å². The molecule has 6 nitrogen and oxygen atoms in total. The summed E-state index contributed by atoms with van der Waals surface area (Å²) in [6, 6.07) is 9.68. The fraction of sp³-hybridized carbons (Fsp3) is 0.625. The maximum absolute atomic E-state index is 10.2. The Labute approximate surface area is 129 Å². The average Bonchev–Trinajstić information content (AvgIpc) is 2.94. The highest BCUT2D eigenvalue weighted by molar-refractivity contribution is 5.13. The molecule has 0 bridgehead atoms. The van der Waals surface area contributed by atoms with Crippen molar-refractivity contribution in [2.75, 3.05) is 6.61 Å². The fourth-order valence-electron chi connectivity index (χ4n) is 2.80. The maximum Gasteiger partial charge on any atom is 0.190 e. The van der Waals surface area contributed by atoms with Gasteiger partial charge < -0.3 is 29.2 Å². The van der Waals surface area contributed by atoms with Crippen molar-refractivity contribution in [1.82, 2.24) is 0 Å². The van der Waals surface area contributed by atoms with Crippen LogP contribution in [-0.4, -0.2) is 53.3 Å². The third-order valence-electron chi connectivity index (χ3n) is 3.83. The molecule has 2 heterocycles. The molecular formula is C16H22O6. The quantitative estimate of drug-likeness (QED) is 0.838. The van der Waals surface area contributed by atoms with Crippen LogP contribution in [0.5, 0.6) is 0 Å². The van der Waals surface area contributed by atoms with Gasteiger partial charge in [0.1, 0.15) is 24.4 Å². The van der Waals surface area contributed by atoms with Crippen LogP contribution in [0.3, 0.4) is 0 Å². The number of aliphatic hydroxyl groups excluding tert-OH is 2. The molecule has 0 radical (unpaired) electrons. The Morgan fingerprint density at radius 3 is 2.64 bits per heavy atom. The maximum atomic E-state index is 10.2. The summed E-state index contributed by atoms with van der Waals surface area (Å²) >= 11 is 0. The van der Waals surface area contributed by atoms with Crippen molar-refractivity contribution in [3.63, 3.8) is 0 Å². The van der Waals surface area contributed by atoms with Crippen molar-refractivity contribution in [3.05, 3.63) is 35.9 Å². The van der Waals surface area contributed by atoms with Crippen molar-refractivity contribution in [3.8, 4) is 0 Å². The van der Waals surface area contributed by atoms with Gasteiger partial charge in [0.2, 0.25) is 0 Å². The van der Waals surface area contributed by atoms with Crippen molar-refractivity contribution in [2.45, 2.75) is 56.9 Å². The van der Waals surface area contributed by atoms with Crippen LogP contribution in [0, 0.1) is 0 Å². The summed E-state index contributed by atoms with van der Waals surface area (Å²) in [4.78, 5) is 0. The van der Waals surface area contributed by atoms with E-state index in [0.29, 0.717) is 6.61 Å². The molecule has 5 atom stereocenters. The molecule has 1 aromatic carbocycles. The molecule has 2 fully saturated rings. The molecule has 2 N–H and O–H groups in total. The van der Waals surface area contributed by atoms with Crippen LogP contribution in [0.15, 0.2) is 30.3 Å².